The van der Waals surface area contributed by atoms with E-state index in [1.165, 1.54) is 62.3 Å². The molecule has 240 valence electrons. The molecule has 1 aliphatic carbocycles. The molecule has 3 aromatic rings. The van der Waals surface area contributed by atoms with Crippen LogP contribution in [0, 0.1) is 61.0 Å². The van der Waals surface area contributed by atoms with Crippen molar-refractivity contribution >= 4 is 0 Å². The van der Waals surface area contributed by atoms with Crippen molar-refractivity contribution in [3.05, 3.63) is 130 Å². The molecule has 1 saturated carbocycles. The van der Waals surface area contributed by atoms with E-state index in [-0.39, 0.29) is 24.5 Å². The van der Waals surface area contributed by atoms with Crippen molar-refractivity contribution in [1.82, 2.24) is 0 Å². The van der Waals surface area contributed by atoms with Crippen molar-refractivity contribution in [2.75, 3.05) is 20.2 Å². The smallest absolute Gasteiger partial charge is 0.188 e. The lowest BCUT2D eigenvalue weighted by Crippen LogP contribution is -2.19. The second-order valence-electron chi connectivity index (χ2n) is 11.6. The van der Waals surface area contributed by atoms with E-state index in [0.29, 0.717) is 12.7 Å². The lowest BCUT2D eigenvalue weighted by atomic mass is 9.80. The molecule has 0 bridgehead atoms. The highest BCUT2D eigenvalue weighted by molar-refractivity contribution is 5.55. The minimum Gasteiger partial charge on any atom is -0.476 e. The lowest BCUT2D eigenvalue weighted by Gasteiger charge is -2.28. The molecule has 6 heteroatoms. The standard InChI is InChI=1S/C40H42F2O4/c1-5-43-27-45-25-34-16-13-33(14-17-34)12-9-31-7-10-32(11-8-31)15-18-35-21-29(3)37(30(4)22-35)20-19-36-23-39(41)38(40(42)24-36)26-46-28-44-6-2/h5-8,10-11,21-24,33-34H,1-2,9,12-14,16-17,25-28H2,3-4H3. The summed E-state index contributed by atoms with van der Waals surface area (Å²) in [7, 11) is 0. The maximum Gasteiger partial charge on any atom is 0.188 e. The van der Waals surface area contributed by atoms with Crippen LogP contribution < -0.4 is 0 Å². The average molecular weight is 625 g/mol. The normalized spacial score (nSPS) is 15.6. The highest BCUT2D eigenvalue weighted by Gasteiger charge is 2.21. The minimum absolute atomic E-state index is 0.136. The summed E-state index contributed by atoms with van der Waals surface area (Å²) in [6, 6.07) is 14.9. The molecule has 3 aromatic carbocycles. The van der Waals surface area contributed by atoms with E-state index in [2.05, 4.69) is 61.1 Å². The summed E-state index contributed by atoms with van der Waals surface area (Å²) in [4.78, 5) is 0. The second-order valence-corrected chi connectivity index (χ2v) is 11.6. The topological polar surface area (TPSA) is 36.9 Å². The van der Waals surface area contributed by atoms with Gasteiger partial charge in [0, 0.05) is 27.8 Å². The summed E-state index contributed by atoms with van der Waals surface area (Å²) in [5, 5.41) is 0. The molecular weight excluding hydrogens is 582 g/mol. The van der Waals surface area contributed by atoms with Crippen LogP contribution in [0.2, 0.25) is 0 Å². The fourth-order valence-electron chi connectivity index (χ4n) is 5.69. The Morgan fingerprint density at radius 3 is 1.89 bits per heavy atom. The third-order valence-corrected chi connectivity index (χ3v) is 8.26. The molecular formula is C40H42F2O4. The van der Waals surface area contributed by atoms with Gasteiger partial charge in [0.15, 0.2) is 13.6 Å². The zero-order valence-electron chi connectivity index (χ0n) is 26.8. The third kappa shape index (κ3) is 10.6. The maximum absolute atomic E-state index is 14.5. The molecule has 0 atom stereocenters. The van der Waals surface area contributed by atoms with Gasteiger partial charge in [0.2, 0.25) is 0 Å². The Labute approximate surface area is 272 Å². The number of benzene rings is 3. The van der Waals surface area contributed by atoms with Crippen LogP contribution in [0.1, 0.15) is 76.6 Å². The summed E-state index contributed by atoms with van der Waals surface area (Å²) in [6.45, 7) is 11.5. The monoisotopic (exact) mass is 624 g/mol. The molecule has 0 amide bonds. The van der Waals surface area contributed by atoms with Crippen LogP contribution in [-0.2, 0) is 32.0 Å². The molecule has 0 aliphatic heterocycles. The summed E-state index contributed by atoms with van der Waals surface area (Å²) in [5.74, 6) is 12.5. The molecule has 46 heavy (non-hydrogen) atoms. The van der Waals surface area contributed by atoms with Crippen molar-refractivity contribution in [2.45, 2.75) is 59.0 Å². The quantitative estimate of drug-likeness (QED) is 0.0824. The lowest BCUT2D eigenvalue weighted by molar-refractivity contribution is -0.0322. The highest BCUT2D eigenvalue weighted by Crippen LogP contribution is 2.32. The Balaban J connectivity index is 1.30. The fraction of sp³-hybridized carbons (Fsp3) is 0.350. The molecule has 0 unspecified atom stereocenters. The number of hydrogen-bond donors (Lipinski definition) is 0. The van der Waals surface area contributed by atoms with Gasteiger partial charge in [0.25, 0.3) is 0 Å². The largest absolute Gasteiger partial charge is 0.476 e. The van der Waals surface area contributed by atoms with Gasteiger partial charge in [0.1, 0.15) is 11.6 Å². The van der Waals surface area contributed by atoms with Crippen LogP contribution in [0.5, 0.6) is 0 Å². The SMILES string of the molecule is C=COCOCc1c(F)cc(C#Cc2c(C)cc(C#Cc3ccc(CCC4CCC(COCOC=C)CC4)cc3)cc2C)cc1F. The van der Waals surface area contributed by atoms with Crippen molar-refractivity contribution in [3.8, 4) is 23.7 Å². The van der Waals surface area contributed by atoms with Gasteiger partial charge in [-0.15, -0.1) is 0 Å². The minimum atomic E-state index is -0.717. The van der Waals surface area contributed by atoms with Gasteiger partial charge in [-0.2, -0.15) is 0 Å². The molecule has 4 rings (SSSR count). The number of hydrogen-bond acceptors (Lipinski definition) is 4. The highest BCUT2D eigenvalue weighted by atomic mass is 19.1. The number of aryl methyl sites for hydroxylation is 3. The van der Waals surface area contributed by atoms with Crippen LogP contribution in [0.25, 0.3) is 0 Å². The predicted octanol–water partition coefficient (Wildman–Crippen LogP) is 8.89. The zero-order valence-corrected chi connectivity index (χ0v) is 26.8. The van der Waals surface area contributed by atoms with Gasteiger partial charge in [-0.3, -0.25) is 0 Å². The number of halogens is 2. The van der Waals surface area contributed by atoms with E-state index in [1.807, 2.05) is 26.0 Å². The van der Waals surface area contributed by atoms with Crippen LogP contribution in [0.4, 0.5) is 8.78 Å². The summed E-state index contributed by atoms with van der Waals surface area (Å²) in [6.07, 6.45) is 9.86. The van der Waals surface area contributed by atoms with Gasteiger partial charge in [-0.1, -0.05) is 61.8 Å². The van der Waals surface area contributed by atoms with Crippen molar-refractivity contribution < 1.29 is 27.7 Å². The van der Waals surface area contributed by atoms with Gasteiger partial charge in [-0.25, -0.2) is 8.78 Å². The second kappa shape index (κ2) is 18.0. The van der Waals surface area contributed by atoms with Crippen LogP contribution in [-0.4, -0.2) is 20.2 Å². The molecule has 0 saturated heterocycles. The van der Waals surface area contributed by atoms with E-state index < -0.39 is 11.6 Å². The summed E-state index contributed by atoms with van der Waals surface area (Å²) in [5.41, 5.74) is 5.98. The Morgan fingerprint density at radius 2 is 1.26 bits per heavy atom. The number of ether oxygens (including phenoxy) is 4. The first-order valence-corrected chi connectivity index (χ1v) is 15.7. The molecule has 0 spiro atoms. The average Bonchev–Trinajstić information content (AvgIpc) is 3.05. The van der Waals surface area contributed by atoms with E-state index >= 15 is 0 Å². The van der Waals surface area contributed by atoms with E-state index in [1.54, 1.807) is 0 Å². The molecule has 1 fully saturated rings. The molecule has 1 aliphatic rings. The van der Waals surface area contributed by atoms with Crippen LogP contribution in [0.3, 0.4) is 0 Å². The predicted molar refractivity (Wildman–Crippen MR) is 177 cm³/mol. The molecule has 0 heterocycles. The van der Waals surface area contributed by atoms with Crippen molar-refractivity contribution in [1.29, 1.82) is 0 Å². The van der Waals surface area contributed by atoms with E-state index in [9.17, 15) is 8.78 Å². The molecule has 0 radical (unpaired) electrons. The van der Waals surface area contributed by atoms with Crippen molar-refractivity contribution in [2.24, 2.45) is 11.8 Å². The first-order valence-electron chi connectivity index (χ1n) is 15.7. The van der Waals surface area contributed by atoms with Crippen molar-refractivity contribution in [3.63, 3.8) is 0 Å². The Kier molecular flexibility index (Phi) is 13.5. The van der Waals surface area contributed by atoms with Crippen LogP contribution >= 0.6 is 0 Å². The Hall–Kier alpha value is -4.36. The third-order valence-electron chi connectivity index (χ3n) is 8.26. The van der Waals surface area contributed by atoms with Gasteiger partial charge in [0.05, 0.1) is 25.7 Å². The summed E-state index contributed by atoms with van der Waals surface area (Å²) < 4.78 is 49.5. The van der Waals surface area contributed by atoms with Gasteiger partial charge >= 0.3 is 0 Å². The van der Waals surface area contributed by atoms with E-state index in [0.717, 1.165) is 46.8 Å². The molecule has 4 nitrogen and oxygen atoms in total. The van der Waals surface area contributed by atoms with Gasteiger partial charge < -0.3 is 18.9 Å². The van der Waals surface area contributed by atoms with Crippen LogP contribution in [0.15, 0.2) is 74.2 Å². The number of rotatable bonds is 13. The first kappa shape index (κ1) is 34.5. The zero-order chi connectivity index (χ0) is 32.7. The molecule has 0 N–H and O–H groups in total. The first-order chi connectivity index (χ1) is 22.4. The van der Waals surface area contributed by atoms with E-state index in [4.69, 9.17) is 18.9 Å². The summed E-state index contributed by atoms with van der Waals surface area (Å²) >= 11 is 0. The Bertz CT molecular complexity index is 1550. The maximum atomic E-state index is 14.5. The fourth-order valence-corrected chi connectivity index (χ4v) is 5.69. The Morgan fingerprint density at radius 1 is 0.717 bits per heavy atom. The van der Waals surface area contributed by atoms with Gasteiger partial charge in [-0.05, 0) is 104 Å². The molecule has 0 aromatic heterocycles.